The Morgan fingerprint density at radius 3 is 2.57 bits per heavy atom. The molecule has 1 fully saturated rings. The van der Waals surface area contributed by atoms with Gasteiger partial charge in [0, 0.05) is 37.9 Å². The van der Waals surface area contributed by atoms with Gasteiger partial charge in [0.25, 0.3) is 5.91 Å². The summed E-state index contributed by atoms with van der Waals surface area (Å²) >= 11 is 1.56. The van der Waals surface area contributed by atoms with Crippen LogP contribution < -0.4 is 0 Å². The molecule has 146 valence electrons. The third-order valence-corrected chi connectivity index (χ3v) is 6.76. The molecule has 0 N–H and O–H groups in total. The number of hydrogen-bond acceptors (Lipinski definition) is 3. The van der Waals surface area contributed by atoms with Crippen molar-refractivity contribution < 1.29 is 4.79 Å². The Balaban J connectivity index is 1.38. The number of piperidine rings is 1. The minimum absolute atomic E-state index is 0.201. The first-order valence-corrected chi connectivity index (χ1v) is 10.9. The van der Waals surface area contributed by atoms with E-state index < -0.39 is 0 Å². The minimum Gasteiger partial charge on any atom is -0.338 e. The first-order valence-electron chi connectivity index (χ1n) is 10.00. The maximum atomic E-state index is 12.7. The fourth-order valence-electron chi connectivity index (χ4n) is 3.99. The number of aryl methyl sites for hydroxylation is 2. The van der Waals surface area contributed by atoms with Crippen LogP contribution in [0, 0.1) is 19.8 Å². The van der Waals surface area contributed by atoms with Gasteiger partial charge in [-0.1, -0.05) is 30.3 Å². The van der Waals surface area contributed by atoms with Gasteiger partial charge < -0.3 is 9.47 Å². The van der Waals surface area contributed by atoms with E-state index in [-0.39, 0.29) is 5.91 Å². The molecule has 5 heteroatoms. The van der Waals surface area contributed by atoms with Crippen LogP contribution in [0.4, 0.5) is 0 Å². The highest BCUT2D eigenvalue weighted by Gasteiger charge is 2.26. The number of carbonyl (C=O) groups excluding carboxylic acids is 1. The molecule has 4 rings (SSSR count). The molecule has 3 aromatic rings. The first kappa shape index (κ1) is 18.9. The number of imidazole rings is 1. The fourth-order valence-corrected chi connectivity index (χ4v) is 4.88. The number of nitrogens with zero attached hydrogens (tertiary/aromatic N) is 3. The lowest BCUT2D eigenvalue weighted by atomic mass is 9.93. The van der Waals surface area contributed by atoms with E-state index in [0.29, 0.717) is 5.92 Å². The molecule has 0 spiro atoms. The van der Waals surface area contributed by atoms with Crippen LogP contribution in [0.1, 0.15) is 45.2 Å². The van der Waals surface area contributed by atoms with Crippen LogP contribution in [0.2, 0.25) is 0 Å². The summed E-state index contributed by atoms with van der Waals surface area (Å²) in [6.45, 7) is 6.71. The van der Waals surface area contributed by atoms with Crippen LogP contribution in [0.5, 0.6) is 0 Å². The molecular formula is C23H27N3OS. The van der Waals surface area contributed by atoms with E-state index in [0.717, 1.165) is 49.3 Å². The summed E-state index contributed by atoms with van der Waals surface area (Å²) in [7, 11) is 0. The number of rotatable bonds is 5. The standard InChI is InChI=1S/C23H27N3OS/c1-17-10-13-28-22(17)23(27)25-11-8-19(9-12-25)14-21-24-15-18(2)26(21)16-20-6-4-3-5-7-20/h3-7,10,13,15,19H,8-9,11-12,14,16H2,1-2H3. The molecule has 0 aliphatic carbocycles. The summed E-state index contributed by atoms with van der Waals surface area (Å²) in [5.41, 5.74) is 3.60. The highest BCUT2D eigenvalue weighted by molar-refractivity contribution is 7.12. The van der Waals surface area contributed by atoms with Crippen LogP contribution in [0.25, 0.3) is 0 Å². The maximum absolute atomic E-state index is 12.7. The van der Waals surface area contributed by atoms with E-state index >= 15 is 0 Å². The van der Waals surface area contributed by atoms with Gasteiger partial charge in [0.2, 0.25) is 0 Å². The lowest BCUT2D eigenvalue weighted by Gasteiger charge is -2.32. The van der Waals surface area contributed by atoms with E-state index in [9.17, 15) is 4.79 Å². The zero-order valence-electron chi connectivity index (χ0n) is 16.6. The second-order valence-electron chi connectivity index (χ2n) is 7.76. The predicted molar refractivity (Wildman–Crippen MR) is 114 cm³/mol. The average molecular weight is 394 g/mol. The quantitative estimate of drug-likeness (QED) is 0.630. The monoisotopic (exact) mass is 393 g/mol. The number of thiophene rings is 1. The van der Waals surface area contributed by atoms with E-state index in [2.05, 4.69) is 41.8 Å². The molecule has 1 amide bonds. The highest BCUT2D eigenvalue weighted by atomic mass is 32.1. The van der Waals surface area contributed by atoms with Crippen LogP contribution >= 0.6 is 11.3 Å². The van der Waals surface area contributed by atoms with Gasteiger partial charge in [0.15, 0.2) is 0 Å². The number of amides is 1. The average Bonchev–Trinajstić information content (AvgIpc) is 3.29. The van der Waals surface area contributed by atoms with E-state index in [1.807, 2.05) is 29.5 Å². The Bertz CT molecular complexity index is 936. The molecule has 0 bridgehead atoms. The summed E-state index contributed by atoms with van der Waals surface area (Å²) in [4.78, 5) is 20.3. The van der Waals surface area contributed by atoms with E-state index in [1.165, 1.54) is 17.1 Å². The van der Waals surface area contributed by atoms with Crippen LogP contribution in [-0.4, -0.2) is 33.4 Å². The lowest BCUT2D eigenvalue weighted by Crippen LogP contribution is -2.39. The van der Waals surface area contributed by atoms with Gasteiger partial charge in [-0.05, 0) is 55.2 Å². The number of aromatic nitrogens is 2. The van der Waals surface area contributed by atoms with Gasteiger partial charge in [-0.25, -0.2) is 4.98 Å². The Morgan fingerprint density at radius 1 is 1.14 bits per heavy atom. The molecule has 2 aromatic heterocycles. The van der Waals surface area contributed by atoms with Gasteiger partial charge in [-0.3, -0.25) is 4.79 Å². The summed E-state index contributed by atoms with van der Waals surface area (Å²) in [6, 6.07) is 12.6. The summed E-state index contributed by atoms with van der Waals surface area (Å²) in [5, 5.41) is 2.00. The van der Waals surface area contributed by atoms with Crippen LogP contribution in [0.3, 0.4) is 0 Å². The second-order valence-corrected chi connectivity index (χ2v) is 8.68. The highest BCUT2D eigenvalue weighted by Crippen LogP contribution is 2.25. The minimum atomic E-state index is 0.201. The SMILES string of the molecule is Cc1ccsc1C(=O)N1CCC(Cc2ncc(C)n2Cc2ccccc2)CC1. The topological polar surface area (TPSA) is 38.1 Å². The van der Waals surface area contributed by atoms with Crippen molar-refractivity contribution in [3.63, 3.8) is 0 Å². The van der Waals surface area contributed by atoms with Gasteiger partial charge in [-0.2, -0.15) is 0 Å². The maximum Gasteiger partial charge on any atom is 0.264 e. The van der Waals surface area contributed by atoms with Crippen molar-refractivity contribution in [2.24, 2.45) is 5.92 Å². The summed E-state index contributed by atoms with van der Waals surface area (Å²) < 4.78 is 2.34. The van der Waals surface area contributed by atoms with Crippen molar-refractivity contribution in [1.29, 1.82) is 0 Å². The molecule has 4 nitrogen and oxygen atoms in total. The van der Waals surface area contributed by atoms with Crippen LogP contribution in [0.15, 0.2) is 48.0 Å². The van der Waals surface area contributed by atoms with Crippen molar-refractivity contribution in [3.8, 4) is 0 Å². The van der Waals surface area contributed by atoms with Crippen molar-refractivity contribution in [3.05, 3.63) is 75.5 Å². The second kappa shape index (κ2) is 8.31. The largest absolute Gasteiger partial charge is 0.338 e. The van der Waals surface area contributed by atoms with Gasteiger partial charge in [0.1, 0.15) is 5.82 Å². The molecule has 1 aliphatic heterocycles. The first-order chi connectivity index (χ1) is 13.6. The predicted octanol–water partition coefficient (Wildman–Crippen LogP) is 4.70. The van der Waals surface area contributed by atoms with Crippen molar-refractivity contribution in [2.75, 3.05) is 13.1 Å². The van der Waals surface area contributed by atoms with E-state index in [1.54, 1.807) is 11.3 Å². The summed E-state index contributed by atoms with van der Waals surface area (Å²) in [5.74, 6) is 1.96. The van der Waals surface area contributed by atoms with Crippen LogP contribution in [-0.2, 0) is 13.0 Å². The Kier molecular flexibility index (Phi) is 5.62. The Hall–Kier alpha value is -2.40. The molecule has 0 atom stereocenters. The molecule has 0 radical (unpaired) electrons. The third-order valence-electron chi connectivity index (χ3n) is 5.75. The molecular weight excluding hydrogens is 366 g/mol. The zero-order chi connectivity index (χ0) is 19.5. The van der Waals surface area contributed by atoms with E-state index in [4.69, 9.17) is 4.98 Å². The molecule has 28 heavy (non-hydrogen) atoms. The summed E-state index contributed by atoms with van der Waals surface area (Å²) in [6.07, 6.45) is 5.07. The normalized spacial score (nSPS) is 15.1. The lowest BCUT2D eigenvalue weighted by molar-refractivity contribution is 0.0694. The van der Waals surface area contributed by atoms with Crippen molar-refractivity contribution in [2.45, 2.75) is 39.7 Å². The van der Waals surface area contributed by atoms with Gasteiger partial charge >= 0.3 is 0 Å². The number of carbonyl (C=O) groups is 1. The Morgan fingerprint density at radius 2 is 1.89 bits per heavy atom. The zero-order valence-corrected chi connectivity index (χ0v) is 17.4. The Labute approximate surface area is 170 Å². The molecule has 1 aliphatic rings. The molecule has 3 heterocycles. The van der Waals surface area contributed by atoms with Crippen molar-refractivity contribution in [1.82, 2.24) is 14.5 Å². The molecule has 1 aromatic carbocycles. The fraction of sp³-hybridized carbons (Fsp3) is 0.391. The molecule has 1 saturated heterocycles. The third kappa shape index (κ3) is 4.04. The van der Waals surface area contributed by atoms with Gasteiger partial charge in [0.05, 0.1) is 4.88 Å². The number of likely N-dealkylation sites (tertiary alicyclic amines) is 1. The number of benzene rings is 1. The van der Waals surface area contributed by atoms with Crippen molar-refractivity contribution >= 4 is 17.2 Å². The van der Waals surface area contributed by atoms with Gasteiger partial charge in [-0.15, -0.1) is 11.3 Å². The number of hydrogen-bond donors (Lipinski definition) is 0. The smallest absolute Gasteiger partial charge is 0.264 e. The molecule has 0 unspecified atom stereocenters. The molecule has 0 saturated carbocycles.